The molecule has 3 rings (SSSR count). The summed E-state index contributed by atoms with van der Waals surface area (Å²) in [6, 6.07) is 14.9. The quantitative estimate of drug-likeness (QED) is 0.609. The molecular weight excluding hydrogens is 407 g/mol. The average molecular weight is 433 g/mol. The van der Waals surface area contributed by atoms with Gasteiger partial charge in [-0.15, -0.1) is 0 Å². The fourth-order valence-corrected chi connectivity index (χ4v) is 4.09. The maximum Gasteiger partial charge on any atom is 0.257 e. The zero-order valence-corrected chi connectivity index (χ0v) is 17.5. The van der Waals surface area contributed by atoms with E-state index >= 15 is 0 Å². The summed E-state index contributed by atoms with van der Waals surface area (Å²) in [5, 5.41) is 15.9. The summed E-state index contributed by atoms with van der Waals surface area (Å²) in [5.41, 5.74) is -0.387. The highest BCUT2D eigenvalue weighted by Gasteiger charge is 2.47. The Morgan fingerprint density at radius 3 is 2.63 bits per heavy atom. The van der Waals surface area contributed by atoms with Gasteiger partial charge in [-0.1, -0.05) is 36.4 Å². The van der Waals surface area contributed by atoms with Crippen LogP contribution in [0.2, 0.25) is 0 Å². The molecule has 1 aliphatic heterocycles. The normalized spacial score (nSPS) is 23.6. The monoisotopic (exact) mass is 432 g/mol. The van der Waals surface area contributed by atoms with Crippen molar-refractivity contribution < 1.29 is 23.8 Å². The minimum Gasteiger partial charge on any atom is -0.396 e. The number of hydrogen-bond donors (Lipinski definition) is 3. The Labute approximate surface area is 180 Å². The van der Waals surface area contributed by atoms with Crippen molar-refractivity contribution in [3.05, 3.63) is 71.5 Å². The second kappa shape index (κ2) is 10.1. The number of rotatable bonds is 6. The van der Waals surface area contributed by atoms with Gasteiger partial charge >= 0.3 is 0 Å². The number of hydrogen-bond acceptors (Lipinski definition) is 5. The molecule has 1 aliphatic rings. The number of aliphatic hydroxyl groups is 1. The van der Waals surface area contributed by atoms with Crippen LogP contribution in [0.4, 0.5) is 4.39 Å². The standard InChI is InChI=1S/C22H25FN2O4S/c1-28-13-17-11-16(12-26)22(14-29-17,18-9-5-6-10-19(18)23)25-21(30)24-20(27)15-7-3-2-4-8-15/h2-10,16-17,26H,11-14H2,1H3,(H2,24,25,27,30)/t16?,17-,22+/m1/s1. The Kier molecular flexibility index (Phi) is 7.49. The summed E-state index contributed by atoms with van der Waals surface area (Å²) < 4.78 is 25.9. The third-order valence-electron chi connectivity index (χ3n) is 5.32. The van der Waals surface area contributed by atoms with Crippen LogP contribution in [0.15, 0.2) is 54.6 Å². The van der Waals surface area contributed by atoms with Gasteiger partial charge in [0.2, 0.25) is 0 Å². The van der Waals surface area contributed by atoms with Gasteiger partial charge in [-0.2, -0.15) is 0 Å². The molecular formula is C22H25FN2O4S. The largest absolute Gasteiger partial charge is 0.396 e. The van der Waals surface area contributed by atoms with Gasteiger partial charge in [-0.05, 0) is 36.8 Å². The Bertz CT molecular complexity index is 882. The number of methoxy groups -OCH3 is 1. The molecule has 3 atom stereocenters. The van der Waals surface area contributed by atoms with E-state index in [1.54, 1.807) is 49.6 Å². The Morgan fingerprint density at radius 1 is 1.27 bits per heavy atom. The first-order valence-corrected chi connectivity index (χ1v) is 10.1. The van der Waals surface area contributed by atoms with Gasteiger partial charge in [-0.3, -0.25) is 10.1 Å². The van der Waals surface area contributed by atoms with Crippen molar-refractivity contribution in [2.75, 3.05) is 26.9 Å². The molecule has 160 valence electrons. The van der Waals surface area contributed by atoms with Crippen molar-refractivity contribution >= 4 is 23.2 Å². The molecule has 0 radical (unpaired) electrons. The summed E-state index contributed by atoms with van der Waals surface area (Å²) in [5.74, 6) is -1.25. The first-order valence-electron chi connectivity index (χ1n) is 9.65. The van der Waals surface area contributed by atoms with Crippen LogP contribution in [0.5, 0.6) is 0 Å². The van der Waals surface area contributed by atoms with Gasteiger partial charge in [0, 0.05) is 30.8 Å². The number of nitrogens with one attached hydrogen (secondary N) is 2. The predicted octanol–water partition coefficient (Wildman–Crippen LogP) is 2.37. The molecule has 3 N–H and O–H groups in total. The lowest BCUT2D eigenvalue weighted by atomic mass is 9.74. The summed E-state index contributed by atoms with van der Waals surface area (Å²) >= 11 is 5.38. The van der Waals surface area contributed by atoms with Crippen molar-refractivity contribution in [2.24, 2.45) is 5.92 Å². The SMILES string of the molecule is COC[C@H]1CC(CO)[C@](NC(=S)NC(=O)c2ccccc2)(c2ccccc2F)CO1. The highest BCUT2D eigenvalue weighted by atomic mass is 32.1. The summed E-state index contributed by atoms with van der Waals surface area (Å²) in [6.45, 7) is 0.188. The fraction of sp³-hybridized carbons (Fsp3) is 0.364. The molecule has 6 nitrogen and oxygen atoms in total. The lowest BCUT2D eigenvalue weighted by molar-refractivity contribution is -0.104. The first kappa shape index (κ1) is 22.3. The van der Waals surface area contributed by atoms with Crippen LogP contribution in [0.1, 0.15) is 22.3 Å². The lowest BCUT2D eigenvalue weighted by Gasteiger charge is -2.47. The molecule has 8 heteroatoms. The van der Waals surface area contributed by atoms with Crippen LogP contribution in [0, 0.1) is 11.7 Å². The molecule has 1 amide bonds. The Morgan fingerprint density at radius 2 is 1.97 bits per heavy atom. The highest BCUT2D eigenvalue weighted by molar-refractivity contribution is 7.80. The number of benzene rings is 2. The fourth-order valence-electron chi connectivity index (χ4n) is 3.81. The van der Waals surface area contributed by atoms with Gasteiger partial charge in [0.15, 0.2) is 5.11 Å². The van der Waals surface area contributed by atoms with E-state index in [-0.39, 0.29) is 30.3 Å². The molecule has 2 aromatic carbocycles. The van der Waals surface area contributed by atoms with E-state index in [9.17, 15) is 14.3 Å². The number of thiocarbonyl (C=S) groups is 1. The highest BCUT2D eigenvalue weighted by Crippen LogP contribution is 2.39. The summed E-state index contributed by atoms with van der Waals surface area (Å²) in [6.07, 6.45) is 0.197. The molecule has 30 heavy (non-hydrogen) atoms. The van der Waals surface area contributed by atoms with Crippen LogP contribution in [0.3, 0.4) is 0 Å². The van der Waals surface area contributed by atoms with Crippen LogP contribution < -0.4 is 10.6 Å². The van der Waals surface area contributed by atoms with E-state index in [1.807, 2.05) is 6.07 Å². The van der Waals surface area contributed by atoms with E-state index in [1.165, 1.54) is 6.07 Å². The van der Waals surface area contributed by atoms with Gasteiger partial charge in [0.1, 0.15) is 5.82 Å². The number of carbonyl (C=O) groups is 1. The van der Waals surface area contributed by atoms with Crippen molar-refractivity contribution in [2.45, 2.75) is 18.1 Å². The van der Waals surface area contributed by atoms with E-state index in [4.69, 9.17) is 21.7 Å². The second-order valence-corrected chi connectivity index (χ2v) is 7.64. The molecule has 0 bridgehead atoms. The maximum absolute atomic E-state index is 14.8. The van der Waals surface area contributed by atoms with Crippen molar-refractivity contribution in [3.8, 4) is 0 Å². The smallest absolute Gasteiger partial charge is 0.257 e. The lowest BCUT2D eigenvalue weighted by Crippen LogP contribution is -2.62. The molecule has 0 saturated carbocycles. The van der Waals surface area contributed by atoms with Crippen LogP contribution >= 0.6 is 12.2 Å². The first-order chi connectivity index (χ1) is 14.5. The summed E-state index contributed by atoms with van der Waals surface area (Å²) in [7, 11) is 1.57. The van der Waals surface area contributed by atoms with Crippen LogP contribution in [-0.2, 0) is 15.0 Å². The molecule has 2 aromatic rings. The van der Waals surface area contributed by atoms with Crippen molar-refractivity contribution in [3.63, 3.8) is 0 Å². The topological polar surface area (TPSA) is 79.8 Å². The van der Waals surface area contributed by atoms with Gasteiger partial charge in [-0.25, -0.2) is 4.39 Å². The average Bonchev–Trinajstić information content (AvgIpc) is 2.75. The second-order valence-electron chi connectivity index (χ2n) is 7.23. The number of ether oxygens (including phenoxy) is 2. The van der Waals surface area contributed by atoms with Gasteiger partial charge in [0.05, 0.1) is 24.9 Å². The molecule has 1 fully saturated rings. The predicted molar refractivity (Wildman–Crippen MR) is 115 cm³/mol. The van der Waals surface area contributed by atoms with Gasteiger partial charge < -0.3 is 19.9 Å². The Balaban J connectivity index is 1.88. The number of aliphatic hydroxyl groups excluding tert-OH is 1. The molecule has 0 aromatic heterocycles. The zero-order chi connectivity index (χ0) is 21.6. The molecule has 0 aliphatic carbocycles. The molecule has 1 unspecified atom stereocenters. The van der Waals surface area contributed by atoms with Crippen LogP contribution in [0.25, 0.3) is 0 Å². The molecule has 1 saturated heterocycles. The molecule has 1 heterocycles. The van der Waals surface area contributed by atoms with Crippen molar-refractivity contribution in [1.29, 1.82) is 0 Å². The van der Waals surface area contributed by atoms with Gasteiger partial charge in [0.25, 0.3) is 5.91 Å². The third-order valence-corrected chi connectivity index (χ3v) is 5.52. The minimum absolute atomic E-state index is 0.0272. The Hall–Kier alpha value is -2.39. The van der Waals surface area contributed by atoms with Crippen molar-refractivity contribution in [1.82, 2.24) is 10.6 Å². The zero-order valence-electron chi connectivity index (χ0n) is 16.6. The minimum atomic E-state index is -1.15. The van der Waals surface area contributed by atoms with E-state index in [0.29, 0.717) is 24.2 Å². The van der Waals surface area contributed by atoms with E-state index in [0.717, 1.165) is 0 Å². The summed E-state index contributed by atoms with van der Waals surface area (Å²) in [4.78, 5) is 12.5. The molecule has 0 spiro atoms. The van der Waals surface area contributed by atoms with E-state index in [2.05, 4.69) is 10.6 Å². The number of amides is 1. The maximum atomic E-state index is 14.8. The van der Waals surface area contributed by atoms with E-state index < -0.39 is 17.3 Å². The van der Waals surface area contributed by atoms with Crippen LogP contribution in [-0.4, -0.2) is 49.2 Å². The number of halogens is 1. The number of carbonyl (C=O) groups excluding carboxylic acids is 1. The third kappa shape index (κ3) is 4.84.